The van der Waals surface area contributed by atoms with Crippen LogP contribution in [0.5, 0.6) is 0 Å². The molecule has 17 heavy (non-hydrogen) atoms. The van der Waals surface area contributed by atoms with Gasteiger partial charge in [-0.3, -0.25) is 10.1 Å². The van der Waals surface area contributed by atoms with E-state index in [1.807, 2.05) is 0 Å². The number of nitro groups is 1. The predicted molar refractivity (Wildman–Crippen MR) is 56.8 cm³/mol. The number of fused-ring (bicyclic) bond motifs is 2. The van der Waals surface area contributed by atoms with Crippen molar-refractivity contribution in [3.63, 3.8) is 0 Å². The van der Waals surface area contributed by atoms with Gasteiger partial charge in [-0.15, -0.1) is 0 Å². The number of carbonyl (C=O) groups is 1. The smallest absolute Gasteiger partial charge is 0.412 e. The first kappa shape index (κ1) is 12.1. The first-order chi connectivity index (χ1) is 8.04. The zero-order chi connectivity index (χ0) is 12.4. The summed E-state index contributed by atoms with van der Waals surface area (Å²) in [5.74, 6) is 1.04. The predicted octanol–water partition coefficient (Wildman–Crippen LogP) is 0.450. The van der Waals surface area contributed by atoms with Gasteiger partial charge < -0.3 is 14.7 Å². The summed E-state index contributed by atoms with van der Waals surface area (Å²) in [6, 6.07) is 0. The Morgan fingerprint density at radius 1 is 1.47 bits per heavy atom. The van der Waals surface area contributed by atoms with Crippen molar-refractivity contribution in [2.24, 2.45) is 11.8 Å². The number of rotatable bonds is 3. The lowest BCUT2D eigenvalue weighted by Gasteiger charge is -2.31. The standard InChI is InChI=1S/C10H16N2O5/c13-9(6-12(15)16)17-10(14)11-4-7-1-2-8(3-7)5-11/h7-9,13H,1-6H2. The third-order valence-electron chi connectivity index (χ3n) is 3.41. The molecule has 0 spiro atoms. The molecule has 2 bridgehead atoms. The number of hydrogen-bond donors (Lipinski definition) is 1. The molecule has 1 aliphatic carbocycles. The summed E-state index contributed by atoms with van der Waals surface area (Å²) >= 11 is 0. The number of ether oxygens (including phenoxy) is 1. The quantitative estimate of drug-likeness (QED) is 0.442. The van der Waals surface area contributed by atoms with Crippen LogP contribution in [-0.4, -0.2) is 46.9 Å². The second kappa shape index (κ2) is 4.87. The van der Waals surface area contributed by atoms with E-state index in [4.69, 9.17) is 5.11 Å². The number of aliphatic hydroxyl groups is 1. The summed E-state index contributed by atoms with van der Waals surface area (Å²) in [4.78, 5) is 22.6. The monoisotopic (exact) mass is 244 g/mol. The average molecular weight is 244 g/mol. The molecule has 3 atom stereocenters. The maximum absolute atomic E-state index is 11.6. The summed E-state index contributed by atoms with van der Waals surface area (Å²) in [5, 5.41) is 19.3. The molecule has 0 aromatic rings. The Bertz CT molecular complexity index is 310. The van der Waals surface area contributed by atoms with Crippen molar-refractivity contribution < 1.29 is 19.6 Å². The van der Waals surface area contributed by atoms with Gasteiger partial charge in [0.1, 0.15) is 0 Å². The van der Waals surface area contributed by atoms with Crippen molar-refractivity contribution in [2.75, 3.05) is 19.6 Å². The van der Waals surface area contributed by atoms with Crippen LogP contribution in [0.2, 0.25) is 0 Å². The van der Waals surface area contributed by atoms with Crippen LogP contribution in [0.3, 0.4) is 0 Å². The van der Waals surface area contributed by atoms with Crippen LogP contribution in [-0.2, 0) is 4.74 Å². The number of piperidine rings is 1. The minimum absolute atomic E-state index is 0.522. The van der Waals surface area contributed by atoms with E-state index in [0.29, 0.717) is 24.9 Å². The summed E-state index contributed by atoms with van der Waals surface area (Å²) in [6.45, 7) is 0.507. The SMILES string of the molecule is O=C(OC(O)C[N+](=O)[O-])N1CC2CCC(C2)C1. The molecule has 2 aliphatic rings. The normalized spacial score (nSPS) is 28.9. The molecule has 0 aromatic carbocycles. The number of likely N-dealkylation sites (tertiary alicyclic amines) is 1. The van der Waals surface area contributed by atoms with E-state index >= 15 is 0 Å². The topological polar surface area (TPSA) is 92.9 Å². The Kier molecular flexibility index (Phi) is 3.46. The highest BCUT2D eigenvalue weighted by Crippen LogP contribution is 2.36. The molecule has 1 heterocycles. The molecule has 1 N–H and O–H groups in total. The molecule has 1 saturated carbocycles. The van der Waals surface area contributed by atoms with Crippen molar-refractivity contribution in [1.82, 2.24) is 4.90 Å². The van der Waals surface area contributed by atoms with Gasteiger partial charge in [-0.2, -0.15) is 0 Å². The number of hydrogen-bond acceptors (Lipinski definition) is 5. The molecule has 1 amide bonds. The molecule has 2 rings (SSSR count). The molecule has 7 nitrogen and oxygen atoms in total. The fraction of sp³-hybridized carbons (Fsp3) is 0.900. The third kappa shape index (κ3) is 3.06. The zero-order valence-corrected chi connectivity index (χ0v) is 9.45. The van der Waals surface area contributed by atoms with E-state index in [9.17, 15) is 14.9 Å². The first-order valence-corrected chi connectivity index (χ1v) is 5.80. The molecular formula is C10H16N2O5. The van der Waals surface area contributed by atoms with E-state index in [2.05, 4.69) is 4.74 Å². The molecule has 0 radical (unpaired) electrons. The lowest BCUT2D eigenvalue weighted by atomic mass is 9.99. The third-order valence-corrected chi connectivity index (χ3v) is 3.41. The van der Waals surface area contributed by atoms with Crippen LogP contribution in [0.4, 0.5) is 4.79 Å². The van der Waals surface area contributed by atoms with E-state index in [1.165, 1.54) is 0 Å². The molecule has 1 saturated heterocycles. The van der Waals surface area contributed by atoms with Gasteiger partial charge in [0.2, 0.25) is 0 Å². The van der Waals surface area contributed by atoms with Crippen molar-refractivity contribution in [3.05, 3.63) is 10.1 Å². The Morgan fingerprint density at radius 2 is 2.06 bits per heavy atom. The summed E-state index contributed by atoms with van der Waals surface area (Å²) in [5.41, 5.74) is 0. The van der Waals surface area contributed by atoms with Gasteiger partial charge in [0.15, 0.2) is 0 Å². The molecule has 96 valence electrons. The Labute approximate surface area is 98.5 Å². The fourth-order valence-electron chi connectivity index (χ4n) is 2.71. The van der Waals surface area contributed by atoms with Crippen LogP contribution in [0.25, 0.3) is 0 Å². The summed E-state index contributed by atoms with van der Waals surface area (Å²) < 4.78 is 4.63. The van der Waals surface area contributed by atoms with Gasteiger partial charge in [0.25, 0.3) is 12.8 Å². The van der Waals surface area contributed by atoms with Crippen LogP contribution < -0.4 is 0 Å². The maximum Gasteiger partial charge on any atom is 0.412 e. The maximum atomic E-state index is 11.6. The number of amides is 1. The number of aliphatic hydroxyl groups excluding tert-OH is 1. The van der Waals surface area contributed by atoms with E-state index in [1.54, 1.807) is 4.90 Å². The zero-order valence-electron chi connectivity index (χ0n) is 9.45. The Hall–Kier alpha value is -1.37. The number of carbonyl (C=O) groups excluding carboxylic acids is 1. The van der Waals surface area contributed by atoms with Crippen molar-refractivity contribution in [2.45, 2.75) is 25.6 Å². The van der Waals surface area contributed by atoms with Gasteiger partial charge in [0, 0.05) is 18.0 Å². The molecule has 2 fully saturated rings. The van der Waals surface area contributed by atoms with Crippen molar-refractivity contribution in [1.29, 1.82) is 0 Å². The lowest BCUT2D eigenvalue weighted by molar-refractivity contribution is -0.500. The van der Waals surface area contributed by atoms with Gasteiger partial charge in [-0.1, -0.05) is 0 Å². The summed E-state index contributed by atoms with van der Waals surface area (Å²) in [7, 11) is 0. The molecule has 7 heteroatoms. The van der Waals surface area contributed by atoms with Gasteiger partial charge in [0.05, 0.1) is 0 Å². The summed E-state index contributed by atoms with van der Waals surface area (Å²) in [6.07, 6.45) is 1.12. The number of nitrogens with zero attached hydrogens (tertiary/aromatic N) is 2. The molecule has 1 aliphatic heterocycles. The van der Waals surface area contributed by atoms with Crippen LogP contribution in [0.15, 0.2) is 0 Å². The van der Waals surface area contributed by atoms with Crippen molar-refractivity contribution in [3.8, 4) is 0 Å². The lowest BCUT2D eigenvalue weighted by Crippen LogP contribution is -2.43. The van der Waals surface area contributed by atoms with Gasteiger partial charge in [-0.25, -0.2) is 4.79 Å². The minimum Gasteiger partial charge on any atom is -0.412 e. The Morgan fingerprint density at radius 3 is 2.59 bits per heavy atom. The average Bonchev–Trinajstić information content (AvgIpc) is 2.56. The van der Waals surface area contributed by atoms with Gasteiger partial charge >= 0.3 is 6.09 Å². The highest BCUT2D eigenvalue weighted by molar-refractivity contribution is 5.68. The van der Waals surface area contributed by atoms with Crippen LogP contribution in [0, 0.1) is 22.0 Å². The second-order valence-electron chi connectivity index (χ2n) is 4.80. The minimum atomic E-state index is -1.66. The first-order valence-electron chi connectivity index (χ1n) is 5.80. The highest BCUT2D eigenvalue weighted by atomic mass is 16.7. The van der Waals surface area contributed by atoms with Crippen LogP contribution in [0.1, 0.15) is 19.3 Å². The molecule has 3 unspecified atom stereocenters. The van der Waals surface area contributed by atoms with Gasteiger partial charge in [-0.05, 0) is 31.1 Å². The fourth-order valence-corrected chi connectivity index (χ4v) is 2.71. The Balaban J connectivity index is 1.81. The van der Waals surface area contributed by atoms with Crippen LogP contribution >= 0.6 is 0 Å². The highest BCUT2D eigenvalue weighted by Gasteiger charge is 2.36. The van der Waals surface area contributed by atoms with Crippen molar-refractivity contribution >= 4 is 6.09 Å². The second-order valence-corrected chi connectivity index (χ2v) is 4.80. The molecule has 0 aromatic heterocycles. The van der Waals surface area contributed by atoms with E-state index in [-0.39, 0.29) is 0 Å². The van der Waals surface area contributed by atoms with E-state index in [0.717, 1.165) is 19.3 Å². The largest absolute Gasteiger partial charge is 0.412 e. The van der Waals surface area contributed by atoms with E-state index < -0.39 is 23.9 Å². The molecular weight excluding hydrogens is 228 g/mol.